The fraction of sp³-hybridized carbons (Fsp3) is 0.438. The van der Waals surface area contributed by atoms with Crippen LogP contribution in [-0.2, 0) is 25.5 Å². The smallest absolute Gasteiger partial charge is 0.326 e. The van der Waals surface area contributed by atoms with Crippen LogP contribution in [0.3, 0.4) is 0 Å². The van der Waals surface area contributed by atoms with E-state index in [0.29, 0.717) is 0 Å². The first-order valence-corrected chi connectivity index (χ1v) is 7.42. The molecule has 4 N–H and O–H groups in total. The van der Waals surface area contributed by atoms with Gasteiger partial charge < -0.3 is 20.9 Å². The van der Waals surface area contributed by atoms with Gasteiger partial charge in [-0.25, -0.2) is 4.79 Å². The Morgan fingerprint density at radius 2 is 1.91 bits per heavy atom. The summed E-state index contributed by atoms with van der Waals surface area (Å²) in [6.07, 6.45) is 0.272. The summed E-state index contributed by atoms with van der Waals surface area (Å²) in [7, 11) is 0. The highest BCUT2D eigenvalue weighted by molar-refractivity contribution is 5.87. The molecular weight excluding hydrogens is 300 g/mol. The first-order chi connectivity index (χ1) is 10.9. The topological polar surface area (TPSA) is 119 Å². The molecule has 0 aliphatic rings. The zero-order valence-electron chi connectivity index (χ0n) is 13.0. The monoisotopic (exact) mass is 322 g/mol. The number of carbonyl (C=O) groups is 3. The van der Waals surface area contributed by atoms with Crippen LogP contribution in [0.5, 0.6) is 0 Å². The Hall–Kier alpha value is -2.41. The van der Waals surface area contributed by atoms with E-state index in [1.165, 1.54) is 0 Å². The molecule has 0 fully saturated rings. The third-order valence-electron chi connectivity index (χ3n) is 3.20. The Morgan fingerprint density at radius 1 is 1.26 bits per heavy atom. The number of carboxylic acid groups (broad SMARTS) is 1. The molecule has 0 unspecified atom stereocenters. The van der Waals surface area contributed by atoms with Gasteiger partial charge in [0, 0.05) is 12.8 Å². The van der Waals surface area contributed by atoms with Crippen LogP contribution in [0.1, 0.15) is 25.3 Å². The fourth-order valence-electron chi connectivity index (χ4n) is 1.97. The van der Waals surface area contributed by atoms with E-state index in [4.69, 9.17) is 10.5 Å². The molecule has 0 bridgehead atoms. The molecule has 0 spiro atoms. The van der Waals surface area contributed by atoms with E-state index in [9.17, 15) is 19.5 Å². The average molecular weight is 322 g/mol. The number of rotatable bonds is 9. The van der Waals surface area contributed by atoms with Gasteiger partial charge in [0.25, 0.3) is 0 Å². The van der Waals surface area contributed by atoms with E-state index in [1.54, 1.807) is 31.2 Å². The lowest BCUT2D eigenvalue weighted by molar-refractivity contribution is -0.144. The number of carbonyl (C=O) groups excluding carboxylic acids is 2. The van der Waals surface area contributed by atoms with Crippen molar-refractivity contribution in [1.82, 2.24) is 5.32 Å². The van der Waals surface area contributed by atoms with Crippen molar-refractivity contribution in [1.29, 1.82) is 0 Å². The number of benzene rings is 1. The molecule has 0 heterocycles. The summed E-state index contributed by atoms with van der Waals surface area (Å²) in [5, 5.41) is 11.6. The maximum Gasteiger partial charge on any atom is 0.326 e. The summed E-state index contributed by atoms with van der Waals surface area (Å²) < 4.78 is 4.75. The van der Waals surface area contributed by atoms with Crippen LogP contribution in [0.25, 0.3) is 0 Å². The number of hydrogen-bond acceptors (Lipinski definition) is 5. The van der Waals surface area contributed by atoms with Crippen molar-refractivity contribution >= 4 is 17.8 Å². The number of ether oxygens (including phenoxy) is 1. The Morgan fingerprint density at radius 3 is 2.48 bits per heavy atom. The molecule has 0 aliphatic carbocycles. The molecule has 7 heteroatoms. The molecule has 1 rings (SSSR count). The van der Waals surface area contributed by atoms with Crippen LogP contribution < -0.4 is 11.1 Å². The number of esters is 1. The summed E-state index contributed by atoms with van der Waals surface area (Å²) in [5.41, 5.74) is 6.48. The second-order valence-corrected chi connectivity index (χ2v) is 5.04. The Balaban J connectivity index is 2.53. The summed E-state index contributed by atoms with van der Waals surface area (Å²) in [6, 6.07) is 6.94. The van der Waals surface area contributed by atoms with E-state index in [-0.39, 0.29) is 25.9 Å². The Bertz CT molecular complexity index is 533. The molecular formula is C16H22N2O5. The van der Waals surface area contributed by atoms with Crippen LogP contribution in [0.15, 0.2) is 30.3 Å². The quantitative estimate of drug-likeness (QED) is 0.569. The zero-order chi connectivity index (χ0) is 17.2. The maximum atomic E-state index is 12.0. The minimum absolute atomic E-state index is 0.0127. The van der Waals surface area contributed by atoms with Gasteiger partial charge >= 0.3 is 11.9 Å². The first-order valence-electron chi connectivity index (χ1n) is 7.42. The van der Waals surface area contributed by atoms with Crippen LogP contribution in [0.2, 0.25) is 0 Å². The van der Waals surface area contributed by atoms with Gasteiger partial charge in [0.15, 0.2) is 0 Å². The van der Waals surface area contributed by atoms with Crippen molar-refractivity contribution in [2.24, 2.45) is 5.73 Å². The minimum atomic E-state index is -1.14. The fourth-order valence-corrected chi connectivity index (χ4v) is 1.97. The first kappa shape index (κ1) is 18.6. The number of aliphatic carboxylic acids is 1. The highest BCUT2D eigenvalue weighted by atomic mass is 16.5. The lowest BCUT2D eigenvalue weighted by Gasteiger charge is -2.17. The van der Waals surface area contributed by atoms with Gasteiger partial charge in [0.05, 0.1) is 12.6 Å². The van der Waals surface area contributed by atoms with Crippen molar-refractivity contribution in [2.45, 2.75) is 38.3 Å². The summed E-state index contributed by atoms with van der Waals surface area (Å²) >= 11 is 0. The molecule has 1 aromatic carbocycles. The third kappa shape index (κ3) is 6.92. The summed E-state index contributed by atoms with van der Waals surface area (Å²) in [4.78, 5) is 34.5. The largest absolute Gasteiger partial charge is 0.480 e. The number of nitrogens with one attached hydrogen (secondary N) is 1. The summed E-state index contributed by atoms with van der Waals surface area (Å²) in [6.45, 7) is 1.95. The molecule has 0 saturated carbocycles. The van der Waals surface area contributed by atoms with E-state index in [0.717, 1.165) is 5.56 Å². The molecule has 7 nitrogen and oxygen atoms in total. The second kappa shape index (κ2) is 9.58. The highest BCUT2D eigenvalue weighted by Gasteiger charge is 2.24. The molecule has 126 valence electrons. The van der Waals surface area contributed by atoms with Gasteiger partial charge in [-0.15, -0.1) is 0 Å². The van der Waals surface area contributed by atoms with Crippen LogP contribution in [0, 0.1) is 0 Å². The van der Waals surface area contributed by atoms with E-state index < -0.39 is 29.9 Å². The molecule has 0 saturated heterocycles. The number of hydrogen-bond donors (Lipinski definition) is 3. The Kier molecular flexibility index (Phi) is 7.76. The molecule has 1 aromatic rings. The lowest BCUT2D eigenvalue weighted by Crippen LogP contribution is -2.49. The normalized spacial score (nSPS) is 13.0. The van der Waals surface area contributed by atoms with Crippen LogP contribution in [-0.4, -0.2) is 41.6 Å². The van der Waals surface area contributed by atoms with E-state index >= 15 is 0 Å². The number of amides is 1. The molecule has 23 heavy (non-hydrogen) atoms. The van der Waals surface area contributed by atoms with Gasteiger partial charge in [-0.1, -0.05) is 30.3 Å². The van der Waals surface area contributed by atoms with Gasteiger partial charge in [0.1, 0.15) is 6.04 Å². The van der Waals surface area contributed by atoms with Gasteiger partial charge in [-0.2, -0.15) is 0 Å². The van der Waals surface area contributed by atoms with Crippen molar-refractivity contribution in [3.63, 3.8) is 0 Å². The number of carboxylic acids is 1. The zero-order valence-corrected chi connectivity index (χ0v) is 13.0. The number of nitrogens with two attached hydrogens (primary N) is 1. The van der Waals surface area contributed by atoms with Crippen molar-refractivity contribution in [3.8, 4) is 0 Å². The molecule has 2 atom stereocenters. The predicted octanol–water partition coefficient (Wildman–Crippen LogP) is 0.469. The van der Waals surface area contributed by atoms with E-state index in [2.05, 4.69) is 5.32 Å². The van der Waals surface area contributed by atoms with Gasteiger partial charge in [-0.3, -0.25) is 9.59 Å². The lowest BCUT2D eigenvalue weighted by atomic mass is 10.0. The Labute approximate surface area is 134 Å². The second-order valence-electron chi connectivity index (χ2n) is 5.04. The molecule has 0 aliphatic heterocycles. The molecule has 0 aromatic heterocycles. The van der Waals surface area contributed by atoms with Crippen LogP contribution in [0.4, 0.5) is 0 Å². The third-order valence-corrected chi connectivity index (χ3v) is 3.20. The SMILES string of the molecule is CCOC(=O)CC[C@H](N)C(=O)N[C@@H](Cc1ccccc1)C(=O)O. The summed E-state index contributed by atoms with van der Waals surface area (Å²) in [5.74, 6) is -2.17. The minimum Gasteiger partial charge on any atom is -0.480 e. The molecule has 1 amide bonds. The molecule has 0 radical (unpaired) electrons. The van der Waals surface area contributed by atoms with Crippen molar-refractivity contribution in [3.05, 3.63) is 35.9 Å². The maximum absolute atomic E-state index is 12.0. The van der Waals surface area contributed by atoms with Gasteiger partial charge in [-0.05, 0) is 18.9 Å². The van der Waals surface area contributed by atoms with Crippen LogP contribution >= 0.6 is 0 Å². The van der Waals surface area contributed by atoms with Crippen molar-refractivity contribution in [2.75, 3.05) is 6.61 Å². The van der Waals surface area contributed by atoms with E-state index in [1.807, 2.05) is 6.07 Å². The highest BCUT2D eigenvalue weighted by Crippen LogP contribution is 2.05. The van der Waals surface area contributed by atoms with Crippen molar-refractivity contribution < 1.29 is 24.2 Å². The predicted molar refractivity (Wildman–Crippen MR) is 83.6 cm³/mol. The standard InChI is InChI=1S/C16H22N2O5/c1-2-23-14(19)9-8-12(17)15(20)18-13(16(21)22)10-11-6-4-3-5-7-11/h3-7,12-13H,2,8-10,17H2,1H3,(H,18,20)(H,21,22)/t12-,13-/m0/s1. The van der Waals surface area contributed by atoms with Gasteiger partial charge in [0.2, 0.25) is 5.91 Å². The average Bonchev–Trinajstić information content (AvgIpc) is 2.53.